The van der Waals surface area contributed by atoms with E-state index < -0.39 is 0 Å². The molecular formula is C31H35ClN2. The van der Waals surface area contributed by atoms with E-state index in [4.69, 9.17) is 11.6 Å². The number of rotatable bonds is 3. The molecule has 3 heteroatoms. The van der Waals surface area contributed by atoms with E-state index in [0.717, 1.165) is 24.3 Å². The van der Waals surface area contributed by atoms with Crippen LogP contribution in [-0.4, -0.2) is 13.1 Å². The summed E-state index contributed by atoms with van der Waals surface area (Å²) in [4.78, 5) is 2.40. The number of hydrogen-bond acceptors (Lipinski definition) is 2. The van der Waals surface area contributed by atoms with E-state index in [9.17, 15) is 0 Å². The average molecular weight is 471 g/mol. The summed E-state index contributed by atoms with van der Waals surface area (Å²) in [7, 11) is 2.20. The molecule has 2 aromatic carbocycles. The van der Waals surface area contributed by atoms with E-state index in [1.807, 2.05) is 0 Å². The number of para-hydroxylation sites is 2. The second kappa shape index (κ2) is 8.50. The van der Waals surface area contributed by atoms with Gasteiger partial charge in [0, 0.05) is 40.0 Å². The predicted octanol–water partition coefficient (Wildman–Crippen LogP) is 8.23. The molecule has 3 aliphatic rings. The molecule has 5 rings (SSSR count). The molecule has 0 saturated carbocycles. The number of hydrogen-bond donors (Lipinski definition) is 1. The Labute approximate surface area is 209 Å². The Kier molecular flexibility index (Phi) is 5.76. The molecule has 0 spiro atoms. The van der Waals surface area contributed by atoms with Gasteiger partial charge in [0.25, 0.3) is 0 Å². The number of anilines is 2. The van der Waals surface area contributed by atoms with E-state index in [-0.39, 0.29) is 10.8 Å². The van der Waals surface area contributed by atoms with E-state index >= 15 is 0 Å². The molecule has 0 radical (unpaired) electrons. The number of benzene rings is 2. The number of nitrogens with zero attached hydrogens (tertiary/aromatic N) is 1. The minimum Gasteiger partial charge on any atom is -0.367 e. The van der Waals surface area contributed by atoms with Gasteiger partial charge in [0.1, 0.15) is 0 Å². The van der Waals surface area contributed by atoms with Crippen LogP contribution in [0.15, 0.2) is 94.7 Å². The summed E-state index contributed by atoms with van der Waals surface area (Å²) in [6, 6.07) is 17.6. The maximum atomic E-state index is 6.97. The highest BCUT2D eigenvalue weighted by atomic mass is 35.5. The average Bonchev–Trinajstić information content (AvgIpc) is 3.19. The molecule has 2 aromatic rings. The van der Waals surface area contributed by atoms with Gasteiger partial charge in [-0.25, -0.2) is 0 Å². The SMILES string of the molecule is CN1c2ccccc2C(C)(C)C1/C=C/C1=C(Cl)C(=C/C=C2\Nc3ccccc3C2(C)C)/CCC1. The first kappa shape index (κ1) is 23.1. The Morgan fingerprint density at radius 3 is 2.38 bits per heavy atom. The fourth-order valence-corrected chi connectivity index (χ4v) is 6.24. The number of halogens is 1. The summed E-state index contributed by atoms with van der Waals surface area (Å²) >= 11 is 6.97. The van der Waals surface area contributed by atoms with Gasteiger partial charge >= 0.3 is 0 Å². The van der Waals surface area contributed by atoms with E-state index in [0.29, 0.717) is 6.04 Å². The highest BCUT2D eigenvalue weighted by molar-refractivity contribution is 6.32. The lowest BCUT2D eigenvalue weighted by Crippen LogP contribution is -2.37. The predicted molar refractivity (Wildman–Crippen MR) is 147 cm³/mol. The number of nitrogens with one attached hydrogen (secondary N) is 1. The highest BCUT2D eigenvalue weighted by Gasteiger charge is 2.41. The minimum absolute atomic E-state index is 0.0328. The molecule has 0 amide bonds. The second-order valence-electron chi connectivity index (χ2n) is 10.9. The van der Waals surface area contributed by atoms with E-state index in [1.54, 1.807) is 0 Å². The normalized spacial score (nSPS) is 25.2. The number of likely N-dealkylation sites (N-methyl/N-ethyl adjacent to an activating group) is 1. The van der Waals surface area contributed by atoms with Crippen LogP contribution in [0.4, 0.5) is 11.4 Å². The van der Waals surface area contributed by atoms with Crippen LogP contribution in [0.25, 0.3) is 0 Å². The third-order valence-electron chi connectivity index (χ3n) is 8.06. The van der Waals surface area contributed by atoms with Crippen molar-refractivity contribution in [2.75, 3.05) is 17.3 Å². The maximum absolute atomic E-state index is 6.97. The van der Waals surface area contributed by atoms with Crippen LogP contribution in [0.2, 0.25) is 0 Å². The van der Waals surface area contributed by atoms with Crippen LogP contribution in [0.5, 0.6) is 0 Å². The zero-order valence-electron chi connectivity index (χ0n) is 21.0. The molecule has 1 unspecified atom stereocenters. The molecule has 2 heterocycles. The Morgan fingerprint density at radius 1 is 0.941 bits per heavy atom. The fourth-order valence-electron chi connectivity index (χ4n) is 5.92. The first-order chi connectivity index (χ1) is 16.2. The van der Waals surface area contributed by atoms with Crippen molar-refractivity contribution in [3.8, 4) is 0 Å². The molecule has 0 bridgehead atoms. The van der Waals surface area contributed by atoms with Crippen LogP contribution in [0.1, 0.15) is 58.1 Å². The van der Waals surface area contributed by atoms with Crippen molar-refractivity contribution in [1.29, 1.82) is 0 Å². The molecule has 0 fully saturated rings. The van der Waals surface area contributed by atoms with Crippen molar-refractivity contribution in [3.05, 3.63) is 106 Å². The van der Waals surface area contributed by atoms with Crippen LogP contribution in [0.3, 0.4) is 0 Å². The third-order valence-corrected chi connectivity index (χ3v) is 8.55. The second-order valence-corrected chi connectivity index (χ2v) is 11.3. The van der Waals surface area contributed by atoms with Crippen LogP contribution < -0.4 is 10.2 Å². The summed E-state index contributed by atoms with van der Waals surface area (Å²) in [5.41, 5.74) is 9.02. The molecule has 2 nitrogen and oxygen atoms in total. The van der Waals surface area contributed by atoms with Gasteiger partial charge < -0.3 is 10.2 Å². The maximum Gasteiger partial charge on any atom is 0.0565 e. The Hall–Kier alpha value is -2.71. The Balaban J connectivity index is 1.40. The monoisotopic (exact) mass is 470 g/mol. The zero-order chi connectivity index (χ0) is 24.1. The quantitative estimate of drug-likeness (QED) is 0.485. The lowest BCUT2D eigenvalue weighted by molar-refractivity contribution is 0.487. The molecule has 0 saturated heterocycles. The summed E-state index contributed by atoms with van der Waals surface area (Å²) in [6.45, 7) is 9.24. The van der Waals surface area contributed by atoms with Gasteiger partial charge in [0.15, 0.2) is 0 Å². The van der Waals surface area contributed by atoms with Gasteiger partial charge in [-0.3, -0.25) is 0 Å². The van der Waals surface area contributed by atoms with Gasteiger partial charge in [0.05, 0.1) is 6.04 Å². The third kappa shape index (κ3) is 3.73. The van der Waals surface area contributed by atoms with Crippen LogP contribution >= 0.6 is 11.6 Å². The van der Waals surface area contributed by atoms with E-state index in [2.05, 4.69) is 118 Å². The molecule has 0 aromatic heterocycles. The van der Waals surface area contributed by atoms with Crippen molar-refractivity contribution < 1.29 is 0 Å². The van der Waals surface area contributed by atoms with Gasteiger partial charge in [-0.15, -0.1) is 0 Å². The van der Waals surface area contributed by atoms with E-state index in [1.165, 1.54) is 39.3 Å². The summed E-state index contributed by atoms with van der Waals surface area (Å²) in [5.74, 6) is 0. The largest absolute Gasteiger partial charge is 0.367 e. The molecule has 1 atom stereocenters. The summed E-state index contributed by atoms with van der Waals surface area (Å²) < 4.78 is 0. The molecule has 1 aliphatic carbocycles. The van der Waals surface area contributed by atoms with Crippen LogP contribution in [0, 0.1) is 0 Å². The number of fused-ring (bicyclic) bond motifs is 2. The highest BCUT2D eigenvalue weighted by Crippen LogP contribution is 2.45. The molecule has 176 valence electrons. The first-order valence-corrected chi connectivity index (χ1v) is 12.8. The summed E-state index contributed by atoms with van der Waals surface area (Å²) in [6.07, 6.45) is 12.3. The lowest BCUT2D eigenvalue weighted by Gasteiger charge is -2.30. The topological polar surface area (TPSA) is 15.3 Å². The van der Waals surface area contributed by atoms with Crippen LogP contribution in [-0.2, 0) is 10.8 Å². The molecule has 34 heavy (non-hydrogen) atoms. The van der Waals surface area contributed by atoms with Crippen molar-refractivity contribution in [2.24, 2.45) is 0 Å². The number of allylic oxidation sites excluding steroid dienone is 7. The smallest absolute Gasteiger partial charge is 0.0565 e. The Bertz CT molecular complexity index is 1240. The molecule has 2 aliphatic heterocycles. The van der Waals surface area contributed by atoms with Crippen molar-refractivity contribution >= 4 is 23.0 Å². The van der Waals surface area contributed by atoms with Crippen molar-refractivity contribution in [1.82, 2.24) is 0 Å². The van der Waals surface area contributed by atoms with Gasteiger partial charge in [-0.1, -0.05) is 93.9 Å². The van der Waals surface area contributed by atoms with Gasteiger partial charge in [-0.05, 0) is 59.7 Å². The lowest BCUT2D eigenvalue weighted by atomic mass is 9.80. The molecular weight excluding hydrogens is 436 g/mol. The fraction of sp³-hybridized carbons (Fsp3) is 0.355. The first-order valence-electron chi connectivity index (χ1n) is 12.4. The minimum atomic E-state index is -0.0328. The van der Waals surface area contributed by atoms with Gasteiger partial charge in [0.2, 0.25) is 0 Å². The van der Waals surface area contributed by atoms with Gasteiger partial charge in [-0.2, -0.15) is 0 Å². The zero-order valence-corrected chi connectivity index (χ0v) is 21.7. The summed E-state index contributed by atoms with van der Waals surface area (Å²) in [5, 5.41) is 4.53. The van der Waals surface area contributed by atoms with Crippen molar-refractivity contribution in [2.45, 2.75) is 63.8 Å². The standard InChI is InChI=1S/C31H35ClN2/c1-30(2)23-13-6-8-15-25(23)33-27(30)19-17-21-11-10-12-22(29(21)32)18-20-28-31(3,4)24-14-7-9-16-26(24)34(28)5/h6-9,13-20,28,33H,10-12H2,1-5H3/b20-18+,21-17+,27-19-. The Morgan fingerprint density at radius 2 is 1.65 bits per heavy atom. The molecule has 1 N–H and O–H groups in total. The van der Waals surface area contributed by atoms with Crippen molar-refractivity contribution in [3.63, 3.8) is 0 Å².